The van der Waals surface area contributed by atoms with Crippen molar-refractivity contribution in [2.24, 2.45) is 0 Å². The number of ether oxygens (including phenoxy) is 3. The van der Waals surface area contributed by atoms with Crippen LogP contribution in [0.2, 0.25) is 0 Å². The summed E-state index contributed by atoms with van der Waals surface area (Å²) in [5.74, 6) is -0.971. The van der Waals surface area contributed by atoms with Crippen molar-refractivity contribution >= 4 is 17.9 Å². The fourth-order valence-corrected chi connectivity index (χ4v) is 7.50. The van der Waals surface area contributed by atoms with Crippen LogP contribution >= 0.6 is 0 Å². The number of unbranched alkanes of at least 4 members (excludes halogenated alkanes) is 24. The zero-order valence-corrected chi connectivity index (χ0v) is 44.5. The second-order valence-electron chi connectivity index (χ2n) is 18.3. The van der Waals surface area contributed by atoms with Crippen LogP contribution in [0.3, 0.4) is 0 Å². The second-order valence-corrected chi connectivity index (χ2v) is 18.3. The van der Waals surface area contributed by atoms with Crippen molar-refractivity contribution in [2.45, 2.75) is 245 Å². The molecule has 0 saturated heterocycles. The van der Waals surface area contributed by atoms with Crippen LogP contribution in [-0.2, 0) is 28.6 Å². The molecule has 0 aliphatic carbocycles. The largest absolute Gasteiger partial charge is 0.462 e. The normalized spacial score (nSPS) is 13.0. The fraction of sp³-hybridized carbons (Fsp3) is 0.635. The van der Waals surface area contributed by atoms with Gasteiger partial charge in [0.1, 0.15) is 13.2 Å². The first kappa shape index (κ1) is 64.8. The Morgan fingerprint density at radius 1 is 0.319 bits per heavy atom. The Hall–Kier alpha value is -4.19. The Morgan fingerprint density at radius 2 is 0.638 bits per heavy atom. The highest BCUT2D eigenvalue weighted by molar-refractivity contribution is 5.71. The van der Waals surface area contributed by atoms with Crippen LogP contribution in [0.5, 0.6) is 0 Å². The van der Waals surface area contributed by atoms with Gasteiger partial charge in [-0.3, -0.25) is 14.4 Å². The fourth-order valence-electron chi connectivity index (χ4n) is 7.50. The molecule has 69 heavy (non-hydrogen) atoms. The van der Waals surface area contributed by atoms with Crippen LogP contribution in [0.1, 0.15) is 239 Å². The molecule has 1 unspecified atom stereocenters. The molecule has 0 aliphatic rings. The third kappa shape index (κ3) is 54.6. The molecule has 0 aromatic rings. The highest BCUT2D eigenvalue weighted by Crippen LogP contribution is 2.16. The van der Waals surface area contributed by atoms with Crippen LogP contribution in [0.15, 0.2) is 122 Å². The average molecular weight is 956 g/mol. The molecule has 0 aliphatic heterocycles. The minimum Gasteiger partial charge on any atom is -0.462 e. The summed E-state index contributed by atoms with van der Waals surface area (Å²) in [4.78, 5) is 38.1. The van der Waals surface area contributed by atoms with Crippen LogP contribution in [0.25, 0.3) is 0 Å². The lowest BCUT2D eigenvalue weighted by Crippen LogP contribution is -2.30. The van der Waals surface area contributed by atoms with Crippen LogP contribution in [-0.4, -0.2) is 37.2 Å². The van der Waals surface area contributed by atoms with Crippen molar-refractivity contribution in [3.8, 4) is 0 Å². The average Bonchev–Trinajstić information content (AvgIpc) is 3.35. The van der Waals surface area contributed by atoms with Gasteiger partial charge >= 0.3 is 17.9 Å². The number of hydrogen-bond donors (Lipinski definition) is 0. The van der Waals surface area contributed by atoms with Gasteiger partial charge < -0.3 is 14.2 Å². The second kappa shape index (κ2) is 56.4. The van der Waals surface area contributed by atoms with Crippen molar-refractivity contribution in [1.82, 2.24) is 0 Å². The maximum Gasteiger partial charge on any atom is 0.306 e. The van der Waals surface area contributed by atoms with E-state index >= 15 is 0 Å². The van der Waals surface area contributed by atoms with Gasteiger partial charge in [0.05, 0.1) is 0 Å². The van der Waals surface area contributed by atoms with Crippen LogP contribution in [0.4, 0.5) is 0 Å². The molecule has 0 aromatic carbocycles. The van der Waals surface area contributed by atoms with E-state index in [9.17, 15) is 14.4 Å². The maximum atomic E-state index is 12.9. The van der Waals surface area contributed by atoms with Gasteiger partial charge in [-0.25, -0.2) is 0 Å². The number of allylic oxidation sites excluding steroid dienone is 20. The molecular formula is C63H102O6. The highest BCUT2D eigenvalue weighted by Gasteiger charge is 2.19. The molecule has 0 saturated carbocycles. The monoisotopic (exact) mass is 955 g/mol. The first-order chi connectivity index (χ1) is 34.0. The van der Waals surface area contributed by atoms with E-state index in [1.54, 1.807) is 0 Å². The third-order valence-corrected chi connectivity index (χ3v) is 11.7. The number of rotatable bonds is 49. The minimum absolute atomic E-state index is 0.106. The number of esters is 3. The predicted molar refractivity (Wildman–Crippen MR) is 297 cm³/mol. The Morgan fingerprint density at radius 3 is 1.07 bits per heavy atom. The zero-order chi connectivity index (χ0) is 50.0. The van der Waals surface area contributed by atoms with Crippen molar-refractivity contribution in [3.05, 3.63) is 122 Å². The summed E-state index contributed by atoms with van der Waals surface area (Å²) in [6, 6.07) is 0. The van der Waals surface area contributed by atoms with Gasteiger partial charge in [-0.2, -0.15) is 0 Å². The van der Waals surface area contributed by atoms with E-state index in [1.165, 1.54) is 96.3 Å². The van der Waals surface area contributed by atoms with Gasteiger partial charge in [-0.15, -0.1) is 0 Å². The molecule has 0 aromatic heterocycles. The molecule has 6 nitrogen and oxygen atoms in total. The molecule has 6 heteroatoms. The maximum absolute atomic E-state index is 12.9. The minimum atomic E-state index is -0.809. The standard InChI is InChI=1S/C63H102O6/c1-4-7-10-13-16-19-22-25-28-30-32-34-35-38-41-44-47-50-53-56-62(65)68-59-60(58-67-61(64)55-52-49-46-43-40-37-27-24-21-18-15-12-9-6-3)69-63(66)57-54-51-48-45-42-39-36-33-31-29-26-23-20-17-14-11-8-5-2/h7,9-10,12-13,16,18-19,21-22,25,27-28,30,32,34-35,37-38,41,60H,4-6,8,11,14-15,17,20,23-24,26,29,31,33,36,39-40,42-59H2,1-3H3/b10-7-,12-9-,16-13-,21-18-,22-19-,28-25-,32-30+,35-34-,37-27-,41-38-. The van der Waals surface area contributed by atoms with E-state index in [1.807, 2.05) is 72.9 Å². The molecule has 0 bridgehead atoms. The highest BCUT2D eigenvalue weighted by atomic mass is 16.6. The van der Waals surface area contributed by atoms with Crippen molar-refractivity contribution < 1.29 is 28.6 Å². The summed E-state index contributed by atoms with van der Waals surface area (Å²) in [5, 5.41) is 0. The van der Waals surface area contributed by atoms with Gasteiger partial charge in [0.2, 0.25) is 0 Å². The van der Waals surface area contributed by atoms with Gasteiger partial charge in [0.15, 0.2) is 6.10 Å². The van der Waals surface area contributed by atoms with Gasteiger partial charge in [0, 0.05) is 19.3 Å². The molecular weight excluding hydrogens is 853 g/mol. The van der Waals surface area contributed by atoms with E-state index in [0.717, 1.165) is 103 Å². The molecule has 0 fully saturated rings. The summed E-state index contributed by atoms with van der Waals surface area (Å²) >= 11 is 0. The Balaban J connectivity index is 4.51. The zero-order valence-electron chi connectivity index (χ0n) is 44.5. The van der Waals surface area contributed by atoms with Gasteiger partial charge in [0.25, 0.3) is 0 Å². The first-order valence-electron chi connectivity index (χ1n) is 28.1. The van der Waals surface area contributed by atoms with Crippen molar-refractivity contribution in [1.29, 1.82) is 0 Å². The number of carbonyl (C=O) groups excluding carboxylic acids is 3. The first-order valence-corrected chi connectivity index (χ1v) is 28.1. The van der Waals surface area contributed by atoms with Crippen molar-refractivity contribution in [3.63, 3.8) is 0 Å². The Labute approximate surface area is 424 Å². The predicted octanol–water partition coefficient (Wildman–Crippen LogP) is 18.9. The Bertz CT molecular complexity index is 1470. The molecule has 0 spiro atoms. The van der Waals surface area contributed by atoms with E-state index < -0.39 is 6.10 Å². The summed E-state index contributed by atoms with van der Waals surface area (Å²) in [6.07, 6.45) is 77.5. The van der Waals surface area contributed by atoms with E-state index in [2.05, 4.69) is 69.4 Å². The van der Waals surface area contributed by atoms with Crippen LogP contribution < -0.4 is 0 Å². The molecule has 390 valence electrons. The lowest BCUT2D eigenvalue weighted by Gasteiger charge is -2.18. The molecule has 0 rings (SSSR count). The summed E-state index contributed by atoms with van der Waals surface area (Å²) in [7, 11) is 0. The molecule has 0 amide bonds. The molecule has 1 atom stereocenters. The summed E-state index contributed by atoms with van der Waals surface area (Å²) in [6.45, 7) is 6.33. The Kier molecular flexibility index (Phi) is 53.0. The lowest BCUT2D eigenvalue weighted by molar-refractivity contribution is -0.167. The SMILES string of the molecule is CC\C=C/C=C\C=C/C=C\C=C\C=C/C=C\CCCCCC(=O)OCC(COC(=O)CCCCCC/C=C\C/C=C\C/C=C\CC)OC(=O)CCCCCCCCCCCCCCCCCCCC. The van der Waals surface area contributed by atoms with Gasteiger partial charge in [-0.1, -0.05) is 271 Å². The quantitative estimate of drug-likeness (QED) is 0.0199. The molecule has 0 N–H and O–H groups in total. The number of carbonyl (C=O) groups is 3. The van der Waals surface area contributed by atoms with E-state index in [0.29, 0.717) is 19.3 Å². The lowest BCUT2D eigenvalue weighted by atomic mass is 10.0. The topological polar surface area (TPSA) is 78.9 Å². The summed E-state index contributed by atoms with van der Waals surface area (Å²) in [5.41, 5.74) is 0. The van der Waals surface area contributed by atoms with E-state index in [4.69, 9.17) is 14.2 Å². The van der Waals surface area contributed by atoms with E-state index in [-0.39, 0.29) is 31.1 Å². The summed E-state index contributed by atoms with van der Waals surface area (Å²) < 4.78 is 16.8. The van der Waals surface area contributed by atoms with Gasteiger partial charge in [-0.05, 0) is 70.6 Å². The van der Waals surface area contributed by atoms with Crippen molar-refractivity contribution in [2.75, 3.05) is 13.2 Å². The number of hydrogen-bond acceptors (Lipinski definition) is 6. The smallest absolute Gasteiger partial charge is 0.306 e. The third-order valence-electron chi connectivity index (χ3n) is 11.7. The van der Waals surface area contributed by atoms with Crippen LogP contribution in [0, 0.1) is 0 Å². The molecule has 0 radical (unpaired) electrons. The molecule has 0 heterocycles.